The Hall–Kier alpha value is -1.66. The van der Waals surface area contributed by atoms with Gasteiger partial charge in [-0.05, 0) is 59.6 Å². The fourth-order valence-electron chi connectivity index (χ4n) is 1.59. The summed E-state index contributed by atoms with van der Waals surface area (Å²) >= 11 is 3.23. The first-order valence-corrected chi connectivity index (χ1v) is 6.14. The van der Waals surface area contributed by atoms with Crippen LogP contribution in [-0.2, 0) is 0 Å². The summed E-state index contributed by atoms with van der Waals surface area (Å²) in [4.78, 5) is 8.65. The molecule has 2 aromatic rings. The lowest BCUT2D eigenvalue weighted by molar-refractivity contribution is 0.529. The van der Waals surface area contributed by atoms with Crippen molar-refractivity contribution >= 4 is 27.6 Å². The Bertz CT molecular complexity index is 571. The number of nitrogens with one attached hydrogen (secondary N) is 1. The highest BCUT2D eigenvalue weighted by Crippen LogP contribution is 2.17. The first-order valence-electron chi connectivity index (χ1n) is 5.35. The number of amidine groups is 1. The molecule has 0 aliphatic rings. The highest BCUT2D eigenvalue weighted by atomic mass is 79.9. The van der Waals surface area contributed by atoms with Crippen molar-refractivity contribution in [3.63, 3.8) is 0 Å². The molecule has 6 heteroatoms. The molecule has 0 aliphatic heterocycles. The molecule has 0 aromatic carbocycles. The van der Waals surface area contributed by atoms with E-state index in [0.29, 0.717) is 22.1 Å². The zero-order valence-electron chi connectivity index (χ0n) is 10.1. The van der Waals surface area contributed by atoms with Crippen molar-refractivity contribution in [3.8, 4) is 0 Å². The van der Waals surface area contributed by atoms with E-state index in [1.165, 1.54) is 0 Å². The maximum Gasteiger partial charge on any atom is 0.185 e. The number of hydrazine groups is 1. The SMILES string of the molecule is Cc1cc(C)nc(/N=C(\NN)c2ccc(Br)o2)c1. The van der Waals surface area contributed by atoms with Gasteiger partial charge in [-0.3, -0.25) is 0 Å². The predicted octanol–water partition coefficient (Wildman–Crippen LogP) is 2.60. The average Bonchev–Trinajstić information content (AvgIpc) is 2.71. The van der Waals surface area contributed by atoms with Gasteiger partial charge in [0.2, 0.25) is 0 Å². The van der Waals surface area contributed by atoms with Crippen LogP contribution in [0.25, 0.3) is 0 Å². The minimum Gasteiger partial charge on any atom is -0.446 e. The number of nitrogens with zero attached hydrogens (tertiary/aromatic N) is 2. The van der Waals surface area contributed by atoms with Crippen molar-refractivity contribution in [3.05, 3.63) is 46.0 Å². The van der Waals surface area contributed by atoms with Gasteiger partial charge in [-0.25, -0.2) is 15.8 Å². The van der Waals surface area contributed by atoms with Crippen LogP contribution in [0, 0.1) is 13.8 Å². The molecule has 0 unspecified atom stereocenters. The van der Waals surface area contributed by atoms with Gasteiger partial charge in [0.1, 0.15) is 0 Å². The van der Waals surface area contributed by atoms with Crippen molar-refractivity contribution < 1.29 is 4.42 Å². The Labute approximate surface area is 113 Å². The van der Waals surface area contributed by atoms with Gasteiger partial charge >= 0.3 is 0 Å². The van der Waals surface area contributed by atoms with Crippen LogP contribution in [0.1, 0.15) is 17.0 Å². The molecule has 0 atom stereocenters. The van der Waals surface area contributed by atoms with Gasteiger partial charge in [0.15, 0.2) is 22.1 Å². The van der Waals surface area contributed by atoms with Crippen molar-refractivity contribution in [2.45, 2.75) is 13.8 Å². The molecule has 3 N–H and O–H groups in total. The number of furan rings is 1. The Morgan fingerprint density at radius 1 is 1.39 bits per heavy atom. The lowest BCUT2D eigenvalue weighted by Crippen LogP contribution is -2.30. The fraction of sp³-hybridized carbons (Fsp3) is 0.167. The van der Waals surface area contributed by atoms with Gasteiger partial charge in [0.05, 0.1) is 0 Å². The second-order valence-corrected chi connectivity index (χ2v) is 4.63. The van der Waals surface area contributed by atoms with Gasteiger partial charge in [-0.15, -0.1) is 0 Å². The van der Waals surface area contributed by atoms with Crippen molar-refractivity contribution in [1.29, 1.82) is 0 Å². The standard InChI is InChI=1S/C12H13BrN4O/c1-7-5-8(2)15-11(6-7)16-12(17-14)9-3-4-10(13)18-9/h3-6H,14H2,1-2H3,(H,15,16,17). The Balaban J connectivity index is 2.40. The summed E-state index contributed by atoms with van der Waals surface area (Å²) in [6.45, 7) is 3.91. The smallest absolute Gasteiger partial charge is 0.185 e. The highest BCUT2D eigenvalue weighted by Gasteiger charge is 2.08. The van der Waals surface area contributed by atoms with Gasteiger partial charge in [0.25, 0.3) is 0 Å². The van der Waals surface area contributed by atoms with Crippen molar-refractivity contribution in [2.75, 3.05) is 0 Å². The third kappa shape index (κ3) is 2.96. The van der Waals surface area contributed by atoms with E-state index < -0.39 is 0 Å². The number of aryl methyl sites for hydroxylation is 2. The summed E-state index contributed by atoms with van der Waals surface area (Å²) in [6, 6.07) is 7.41. The van der Waals surface area contributed by atoms with E-state index in [9.17, 15) is 0 Å². The third-order valence-corrected chi connectivity index (χ3v) is 2.68. The van der Waals surface area contributed by atoms with Crippen molar-refractivity contribution in [2.24, 2.45) is 10.8 Å². The molecule has 2 heterocycles. The van der Waals surface area contributed by atoms with E-state index >= 15 is 0 Å². The normalized spacial score (nSPS) is 11.7. The van der Waals surface area contributed by atoms with E-state index in [0.717, 1.165) is 11.3 Å². The zero-order chi connectivity index (χ0) is 13.1. The molecule has 0 fully saturated rings. The molecule has 18 heavy (non-hydrogen) atoms. The Kier molecular flexibility index (Phi) is 3.78. The van der Waals surface area contributed by atoms with Crippen LogP contribution in [0.2, 0.25) is 0 Å². The molecule has 0 radical (unpaired) electrons. The first kappa shape index (κ1) is 12.8. The number of aliphatic imine (C=N–C) groups is 1. The monoisotopic (exact) mass is 308 g/mol. The molecule has 0 spiro atoms. The van der Waals surface area contributed by atoms with E-state index in [-0.39, 0.29) is 0 Å². The molecule has 0 aliphatic carbocycles. The maximum atomic E-state index is 5.45. The summed E-state index contributed by atoms with van der Waals surface area (Å²) < 4.78 is 6.00. The summed E-state index contributed by atoms with van der Waals surface area (Å²) in [5, 5.41) is 0. The number of aromatic nitrogens is 1. The van der Waals surface area contributed by atoms with E-state index in [2.05, 4.69) is 31.3 Å². The quantitative estimate of drug-likeness (QED) is 0.387. The first-order chi connectivity index (χ1) is 8.58. The summed E-state index contributed by atoms with van der Waals surface area (Å²) in [6.07, 6.45) is 0. The van der Waals surface area contributed by atoms with E-state index in [1.54, 1.807) is 12.1 Å². The lowest BCUT2D eigenvalue weighted by Gasteiger charge is -2.03. The molecule has 94 valence electrons. The topological polar surface area (TPSA) is 76.4 Å². The Morgan fingerprint density at radius 2 is 2.17 bits per heavy atom. The van der Waals surface area contributed by atoms with Gasteiger partial charge in [0, 0.05) is 5.69 Å². The van der Waals surface area contributed by atoms with Gasteiger partial charge in [-0.1, -0.05) is 0 Å². The zero-order valence-corrected chi connectivity index (χ0v) is 11.7. The minimum atomic E-state index is 0.429. The molecule has 0 saturated heterocycles. The molecule has 0 saturated carbocycles. The lowest BCUT2D eigenvalue weighted by atomic mass is 10.2. The molecule has 0 bridgehead atoms. The number of pyridine rings is 1. The molecular formula is C12H13BrN4O. The molecule has 5 nitrogen and oxygen atoms in total. The third-order valence-electron chi connectivity index (χ3n) is 2.25. The molecule has 0 amide bonds. The molecule has 2 rings (SSSR count). The number of hydrogen-bond donors (Lipinski definition) is 2. The van der Waals surface area contributed by atoms with Crippen LogP contribution < -0.4 is 11.3 Å². The number of halogens is 1. The van der Waals surface area contributed by atoms with E-state index in [1.807, 2.05) is 26.0 Å². The van der Waals surface area contributed by atoms with Crippen LogP contribution in [0.5, 0.6) is 0 Å². The molecule has 2 aromatic heterocycles. The van der Waals surface area contributed by atoms with Crippen LogP contribution in [0.4, 0.5) is 5.82 Å². The highest BCUT2D eigenvalue weighted by molar-refractivity contribution is 9.10. The predicted molar refractivity (Wildman–Crippen MR) is 73.6 cm³/mol. The fourth-order valence-corrected chi connectivity index (χ4v) is 1.90. The van der Waals surface area contributed by atoms with E-state index in [4.69, 9.17) is 10.3 Å². The van der Waals surface area contributed by atoms with Crippen molar-refractivity contribution in [1.82, 2.24) is 10.4 Å². The summed E-state index contributed by atoms with van der Waals surface area (Å²) in [5.74, 6) is 7.02. The van der Waals surface area contributed by atoms with Crippen LogP contribution in [0.3, 0.4) is 0 Å². The van der Waals surface area contributed by atoms with Crippen LogP contribution in [0.15, 0.2) is 38.3 Å². The number of hydrogen-bond acceptors (Lipinski definition) is 4. The molecular weight excluding hydrogens is 296 g/mol. The maximum absolute atomic E-state index is 5.45. The number of nitrogens with two attached hydrogens (primary N) is 1. The number of rotatable bonds is 2. The second kappa shape index (κ2) is 5.32. The Morgan fingerprint density at radius 3 is 2.72 bits per heavy atom. The van der Waals surface area contributed by atoms with Gasteiger partial charge in [-0.2, -0.15) is 0 Å². The van der Waals surface area contributed by atoms with Crippen LogP contribution in [-0.4, -0.2) is 10.8 Å². The second-order valence-electron chi connectivity index (χ2n) is 3.85. The average molecular weight is 309 g/mol. The minimum absolute atomic E-state index is 0.429. The van der Waals surface area contributed by atoms with Crippen LogP contribution >= 0.6 is 15.9 Å². The van der Waals surface area contributed by atoms with Gasteiger partial charge < -0.3 is 9.84 Å². The summed E-state index contributed by atoms with van der Waals surface area (Å²) in [7, 11) is 0. The largest absolute Gasteiger partial charge is 0.446 e. The summed E-state index contributed by atoms with van der Waals surface area (Å²) in [5.41, 5.74) is 4.52.